The smallest absolute Gasteiger partial charge is 0.185 e. The molecule has 1 aliphatic heterocycles. The van der Waals surface area contributed by atoms with E-state index in [1.807, 2.05) is 0 Å². The second-order valence-electron chi connectivity index (χ2n) is 5.93. The third-order valence-electron chi connectivity index (χ3n) is 2.82. The van der Waals surface area contributed by atoms with Crippen LogP contribution in [0.4, 0.5) is 0 Å². The van der Waals surface area contributed by atoms with Gasteiger partial charge in [0.1, 0.15) is 0 Å². The van der Waals surface area contributed by atoms with E-state index in [4.69, 9.17) is 9.47 Å². The van der Waals surface area contributed by atoms with Crippen molar-refractivity contribution in [1.82, 2.24) is 0 Å². The molecule has 15 heavy (non-hydrogen) atoms. The van der Waals surface area contributed by atoms with E-state index < -0.39 is 0 Å². The summed E-state index contributed by atoms with van der Waals surface area (Å²) in [6.07, 6.45) is 2.26. The highest BCUT2D eigenvalue weighted by molar-refractivity contribution is 4.74. The Bertz CT molecular complexity index is 202. The van der Waals surface area contributed by atoms with Crippen molar-refractivity contribution in [3.63, 3.8) is 0 Å². The maximum Gasteiger partial charge on any atom is 0.185 e. The summed E-state index contributed by atoms with van der Waals surface area (Å²) >= 11 is 0. The van der Waals surface area contributed by atoms with Crippen LogP contribution in [0.25, 0.3) is 0 Å². The summed E-state index contributed by atoms with van der Waals surface area (Å²) in [7, 11) is 4.40. The van der Waals surface area contributed by atoms with E-state index in [2.05, 4.69) is 34.9 Å². The first-order valence-corrected chi connectivity index (χ1v) is 5.92. The van der Waals surface area contributed by atoms with Crippen molar-refractivity contribution in [3.05, 3.63) is 0 Å². The molecule has 1 saturated heterocycles. The third-order valence-corrected chi connectivity index (χ3v) is 2.82. The van der Waals surface area contributed by atoms with Crippen LogP contribution in [0.5, 0.6) is 0 Å². The van der Waals surface area contributed by atoms with E-state index in [-0.39, 0.29) is 11.7 Å². The molecule has 0 unspecified atom stereocenters. The molecule has 90 valence electrons. The Morgan fingerprint density at radius 2 is 2.07 bits per heavy atom. The Morgan fingerprint density at radius 3 is 2.60 bits per heavy atom. The molecule has 3 nitrogen and oxygen atoms in total. The molecule has 1 aliphatic rings. The maximum atomic E-state index is 5.81. The minimum Gasteiger partial charge on any atom is -0.352 e. The fourth-order valence-corrected chi connectivity index (χ4v) is 2.33. The van der Waals surface area contributed by atoms with Crippen LogP contribution in [0.2, 0.25) is 0 Å². The molecule has 0 aromatic heterocycles. The monoisotopic (exact) mass is 216 g/mol. The Balaban J connectivity index is 2.45. The van der Waals surface area contributed by atoms with E-state index >= 15 is 0 Å². The summed E-state index contributed by atoms with van der Waals surface area (Å²) in [6.45, 7) is 9.30. The predicted octanol–water partition coefficient (Wildman–Crippen LogP) is 2.22. The van der Waals surface area contributed by atoms with Gasteiger partial charge in [-0.05, 0) is 20.3 Å². The molecule has 0 saturated carbocycles. The van der Waals surface area contributed by atoms with Crippen molar-refractivity contribution in [2.45, 2.75) is 39.9 Å². The van der Waals surface area contributed by atoms with E-state index in [1.54, 1.807) is 0 Å². The standard InChI is InChI=1S/C12H26NO2/c1-6-7-8-14-11-12(2,3)9-13(4,5)10-15-11/h11H,6-10H2,1-5H3/q+1/t11-/m1/s1. The number of hydrogen-bond acceptors (Lipinski definition) is 2. The van der Waals surface area contributed by atoms with Crippen molar-refractivity contribution in [1.29, 1.82) is 0 Å². The summed E-state index contributed by atoms with van der Waals surface area (Å²) < 4.78 is 12.5. The van der Waals surface area contributed by atoms with Crippen LogP contribution in [-0.4, -0.2) is 44.8 Å². The van der Waals surface area contributed by atoms with Crippen molar-refractivity contribution in [2.75, 3.05) is 34.0 Å². The molecule has 0 radical (unpaired) electrons. The zero-order valence-corrected chi connectivity index (χ0v) is 10.9. The van der Waals surface area contributed by atoms with Gasteiger partial charge in [-0.2, -0.15) is 0 Å². The molecular formula is C12H26NO2+. The first-order chi connectivity index (χ1) is 6.87. The van der Waals surface area contributed by atoms with Crippen LogP contribution in [0.15, 0.2) is 0 Å². The molecule has 0 aliphatic carbocycles. The van der Waals surface area contributed by atoms with Crippen molar-refractivity contribution in [2.24, 2.45) is 5.41 Å². The number of nitrogens with zero attached hydrogens (tertiary/aromatic N) is 1. The summed E-state index contributed by atoms with van der Waals surface area (Å²) in [5.74, 6) is 0. The van der Waals surface area contributed by atoms with Gasteiger partial charge in [-0.1, -0.05) is 13.3 Å². The molecule has 1 fully saturated rings. The van der Waals surface area contributed by atoms with Gasteiger partial charge in [-0.15, -0.1) is 0 Å². The normalized spacial score (nSPS) is 29.0. The Morgan fingerprint density at radius 1 is 1.40 bits per heavy atom. The van der Waals surface area contributed by atoms with E-state index in [0.717, 1.165) is 30.8 Å². The lowest BCUT2D eigenvalue weighted by Gasteiger charge is -2.46. The van der Waals surface area contributed by atoms with Crippen LogP contribution in [0, 0.1) is 5.41 Å². The second-order valence-corrected chi connectivity index (χ2v) is 5.93. The first-order valence-electron chi connectivity index (χ1n) is 5.92. The molecule has 0 aromatic carbocycles. The van der Waals surface area contributed by atoms with Crippen LogP contribution in [0.3, 0.4) is 0 Å². The first kappa shape index (κ1) is 12.9. The second kappa shape index (κ2) is 4.81. The zero-order chi connectivity index (χ0) is 11.5. The van der Waals surface area contributed by atoms with Crippen molar-refractivity contribution >= 4 is 0 Å². The summed E-state index contributed by atoms with van der Waals surface area (Å²) in [5.41, 5.74) is 0.107. The summed E-state index contributed by atoms with van der Waals surface area (Å²) in [5, 5.41) is 0. The lowest BCUT2D eigenvalue weighted by Crippen LogP contribution is -2.58. The molecule has 0 amide bonds. The van der Waals surface area contributed by atoms with Gasteiger partial charge >= 0.3 is 0 Å². The molecule has 0 N–H and O–H groups in total. The number of unbranched alkanes of at least 4 members (excludes halogenated alkanes) is 1. The number of hydrogen-bond donors (Lipinski definition) is 0. The van der Waals surface area contributed by atoms with Gasteiger partial charge in [0.25, 0.3) is 0 Å². The highest BCUT2D eigenvalue weighted by atomic mass is 16.7. The molecular weight excluding hydrogens is 190 g/mol. The van der Waals surface area contributed by atoms with Gasteiger partial charge in [0.15, 0.2) is 13.0 Å². The Labute approximate surface area is 93.9 Å². The van der Waals surface area contributed by atoms with E-state index in [9.17, 15) is 0 Å². The third kappa shape index (κ3) is 3.74. The van der Waals surface area contributed by atoms with Gasteiger partial charge in [0, 0.05) is 6.61 Å². The average Bonchev–Trinajstić information content (AvgIpc) is 2.06. The lowest BCUT2D eigenvalue weighted by molar-refractivity contribution is -0.929. The van der Waals surface area contributed by atoms with Crippen molar-refractivity contribution in [3.8, 4) is 0 Å². The molecule has 1 atom stereocenters. The Hall–Kier alpha value is -0.120. The van der Waals surface area contributed by atoms with Crippen LogP contribution in [-0.2, 0) is 9.47 Å². The van der Waals surface area contributed by atoms with Gasteiger partial charge in [-0.3, -0.25) is 0 Å². The highest BCUT2D eigenvalue weighted by Crippen LogP contribution is 2.32. The van der Waals surface area contributed by atoms with Gasteiger partial charge in [0.05, 0.1) is 26.1 Å². The fourth-order valence-electron chi connectivity index (χ4n) is 2.33. The van der Waals surface area contributed by atoms with Gasteiger partial charge in [0.2, 0.25) is 0 Å². The zero-order valence-electron chi connectivity index (χ0n) is 10.9. The fraction of sp³-hybridized carbons (Fsp3) is 1.00. The van der Waals surface area contributed by atoms with Crippen LogP contribution in [0.1, 0.15) is 33.6 Å². The average molecular weight is 216 g/mol. The molecule has 1 heterocycles. The van der Waals surface area contributed by atoms with Crippen LogP contribution >= 0.6 is 0 Å². The summed E-state index contributed by atoms with van der Waals surface area (Å²) in [6, 6.07) is 0. The molecule has 0 spiro atoms. The summed E-state index contributed by atoms with van der Waals surface area (Å²) in [4.78, 5) is 0. The minimum atomic E-state index is -0.0322. The molecule has 0 bridgehead atoms. The minimum absolute atomic E-state index is 0.0322. The quantitative estimate of drug-likeness (QED) is 0.530. The van der Waals surface area contributed by atoms with E-state index in [1.165, 1.54) is 6.42 Å². The highest BCUT2D eigenvalue weighted by Gasteiger charge is 2.43. The Kier molecular flexibility index (Phi) is 4.15. The maximum absolute atomic E-state index is 5.81. The predicted molar refractivity (Wildman–Crippen MR) is 61.4 cm³/mol. The molecule has 0 aromatic rings. The molecule has 3 heteroatoms. The number of ether oxygens (including phenoxy) is 2. The van der Waals surface area contributed by atoms with Gasteiger partial charge in [-0.25, -0.2) is 0 Å². The topological polar surface area (TPSA) is 18.5 Å². The lowest BCUT2D eigenvalue weighted by atomic mass is 9.90. The SMILES string of the molecule is CCCCO[C@@H]1OC[N+](C)(C)CC1(C)C. The number of quaternary nitrogens is 1. The largest absolute Gasteiger partial charge is 0.352 e. The number of rotatable bonds is 4. The van der Waals surface area contributed by atoms with Gasteiger partial charge < -0.3 is 14.0 Å². The van der Waals surface area contributed by atoms with Crippen LogP contribution < -0.4 is 0 Å². The van der Waals surface area contributed by atoms with Crippen molar-refractivity contribution < 1.29 is 14.0 Å². The molecule has 1 rings (SSSR count). The van der Waals surface area contributed by atoms with E-state index in [0.29, 0.717) is 0 Å².